The quantitative estimate of drug-likeness (QED) is 0.813. The van der Waals surface area contributed by atoms with Gasteiger partial charge in [-0.2, -0.15) is 0 Å². The van der Waals surface area contributed by atoms with Gasteiger partial charge < -0.3 is 14.5 Å². The molecule has 23 heavy (non-hydrogen) atoms. The molecule has 2 aromatic rings. The molecule has 3 rings (SSSR count). The molecule has 122 valence electrons. The Morgan fingerprint density at radius 3 is 2.70 bits per heavy atom. The fourth-order valence-electron chi connectivity index (χ4n) is 2.74. The molecule has 0 spiro atoms. The van der Waals surface area contributed by atoms with Gasteiger partial charge in [0.2, 0.25) is 0 Å². The third-order valence-electron chi connectivity index (χ3n) is 4.17. The van der Waals surface area contributed by atoms with E-state index in [0.717, 1.165) is 42.7 Å². The third-order valence-corrected chi connectivity index (χ3v) is 4.17. The molecule has 0 bridgehead atoms. The van der Waals surface area contributed by atoms with E-state index in [1.165, 1.54) is 0 Å². The van der Waals surface area contributed by atoms with Crippen LogP contribution >= 0.6 is 0 Å². The molecule has 5 nitrogen and oxygen atoms in total. The van der Waals surface area contributed by atoms with Crippen LogP contribution in [-0.2, 0) is 4.74 Å². The van der Waals surface area contributed by atoms with E-state index in [9.17, 15) is 4.79 Å². The molecule has 1 aromatic carbocycles. The van der Waals surface area contributed by atoms with Gasteiger partial charge in [0.05, 0.1) is 12.1 Å². The lowest BCUT2D eigenvalue weighted by atomic mass is 10.2. The summed E-state index contributed by atoms with van der Waals surface area (Å²) in [6.45, 7) is 5.53. The van der Waals surface area contributed by atoms with Crippen LogP contribution in [0.25, 0.3) is 10.9 Å². The number of fused-ring (bicyclic) bond motifs is 1. The van der Waals surface area contributed by atoms with E-state index in [2.05, 4.69) is 30.0 Å². The van der Waals surface area contributed by atoms with Gasteiger partial charge >= 0.3 is 6.09 Å². The number of unbranched alkanes of at least 4 members (excludes halogenated alkanes) is 1. The number of ether oxygens (including phenoxy) is 1. The van der Waals surface area contributed by atoms with Crippen molar-refractivity contribution >= 4 is 22.8 Å². The molecule has 1 amide bonds. The van der Waals surface area contributed by atoms with Crippen molar-refractivity contribution in [1.29, 1.82) is 0 Å². The number of para-hydroxylation sites is 1. The summed E-state index contributed by atoms with van der Waals surface area (Å²) in [7, 11) is 0. The molecule has 1 saturated heterocycles. The number of nitrogens with zero attached hydrogens (tertiary/aromatic N) is 3. The van der Waals surface area contributed by atoms with Gasteiger partial charge in [-0.15, -0.1) is 0 Å². The van der Waals surface area contributed by atoms with Gasteiger partial charge in [-0.1, -0.05) is 31.5 Å². The number of rotatable bonds is 4. The number of pyridine rings is 1. The summed E-state index contributed by atoms with van der Waals surface area (Å²) in [5.41, 5.74) is 1.01. The number of aromatic nitrogens is 1. The normalized spacial score (nSPS) is 15.0. The number of anilines is 1. The van der Waals surface area contributed by atoms with Crippen molar-refractivity contribution in [1.82, 2.24) is 9.88 Å². The topological polar surface area (TPSA) is 45.7 Å². The van der Waals surface area contributed by atoms with Crippen LogP contribution < -0.4 is 4.90 Å². The lowest BCUT2D eigenvalue weighted by Gasteiger charge is -2.34. The average Bonchev–Trinajstić information content (AvgIpc) is 2.61. The van der Waals surface area contributed by atoms with Crippen LogP contribution in [-0.4, -0.2) is 48.8 Å². The number of benzene rings is 1. The van der Waals surface area contributed by atoms with Gasteiger partial charge in [0.1, 0.15) is 5.82 Å². The summed E-state index contributed by atoms with van der Waals surface area (Å²) < 4.78 is 5.27. The highest BCUT2D eigenvalue weighted by molar-refractivity contribution is 5.80. The van der Waals surface area contributed by atoms with Gasteiger partial charge in [-0.3, -0.25) is 0 Å². The second-order valence-corrected chi connectivity index (χ2v) is 5.80. The molecule has 1 aliphatic heterocycles. The zero-order valence-corrected chi connectivity index (χ0v) is 13.6. The second kappa shape index (κ2) is 7.31. The van der Waals surface area contributed by atoms with Crippen molar-refractivity contribution in [2.45, 2.75) is 19.8 Å². The highest BCUT2D eigenvalue weighted by Gasteiger charge is 2.22. The van der Waals surface area contributed by atoms with Crippen LogP contribution in [0.3, 0.4) is 0 Å². The second-order valence-electron chi connectivity index (χ2n) is 5.80. The Morgan fingerprint density at radius 1 is 1.13 bits per heavy atom. The molecule has 0 aliphatic carbocycles. The molecule has 0 saturated carbocycles. The van der Waals surface area contributed by atoms with E-state index in [1.807, 2.05) is 18.2 Å². The monoisotopic (exact) mass is 313 g/mol. The standard InChI is InChI=1S/C18H23N3O2/c1-2-3-14-23-18(22)21-12-10-20(11-13-21)17-9-8-15-6-4-5-7-16(15)19-17/h4-9H,2-3,10-14H2,1H3. The molecule has 0 radical (unpaired) electrons. The molecule has 0 atom stereocenters. The molecular weight excluding hydrogens is 290 g/mol. The summed E-state index contributed by atoms with van der Waals surface area (Å²) in [6.07, 6.45) is 1.77. The van der Waals surface area contributed by atoms with Crippen LogP contribution in [0.5, 0.6) is 0 Å². The van der Waals surface area contributed by atoms with Gasteiger partial charge in [0, 0.05) is 31.6 Å². The first-order valence-electron chi connectivity index (χ1n) is 8.30. The van der Waals surface area contributed by atoms with Gasteiger partial charge in [0.15, 0.2) is 0 Å². The van der Waals surface area contributed by atoms with E-state index in [0.29, 0.717) is 19.7 Å². The Labute approximate surface area is 136 Å². The molecule has 0 unspecified atom stereocenters. The summed E-state index contributed by atoms with van der Waals surface area (Å²) in [4.78, 5) is 20.7. The molecule has 5 heteroatoms. The van der Waals surface area contributed by atoms with Crippen LogP contribution in [0.15, 0.2) is 36.4 Å². The Bertz CT molecular complexity index is 666. The Balaban J connectivity index is 1.58. The minimum atomic E-state index is -0.190. The minimum absolute atomic E-state index is 0.190. The van der Waals surface area contributed by atoms with E-state index < -0.39 is 0 Å². The molecular formula is C18H23N3O2. The van der Waals surface area contributed by atoms with Crippen molar-refractivity contribution in [2.75, 3.05) is 37.7 Å². The fraction of sp³-hybridized carbons (Fsp3) is 0.444. The molecule has 2 heterocycles. The van der Waals surface area contributed by atoms with Crippen molar-refractivity contribution in [3.8, 4) is 0 Å². The van der Waals surface area contributed by atoms with Crippen LogP contribution in [0.2, 0.25) is 0 Å². The number of carbonyl (C=O) groups is 1. The zero-order chi connectivity index (χ0) is 16.1. The maximum atomic E-state index is 12.0. The summed E-state index contributed by atoms with van der Waals surface area (Å²) in [5, 5.41) is 1.15. The van der Waals surface area contributed by atoms with Crippen molar-refractivity contribution in [2.24, 2.45) is 0 Å². The first kappa shape index (κ1) is 15.6. The highest BCUT2D eigenvalue weighted by Crippen LogP contribution is 2.19. The maximum absolute atomic E-state index is 12.0. The lowest BCUT2D eigenvalue weighted by Crippen LogP contribution is -2.49. The summed E-state index contributed by atoms with van der Waals surface area (Å²) in [5.74, 6) is 0.975. The Hall–Kier alpha value is -2.30. The van der Waals surface area contributed by atoms with E-state index in [4.69, 9.17) is 9.72 Å². The molecule has 0 N–H and O–H groups in total. The van der Waals surface area contributed by atoms with Crippen molar-refractivity contribution < 1.29 is 9.53 Å². The molecule has 1 fully saturated rings. The smallest absolute Gasteiger partial charge is 0.409 e. The number of hydrogen-bond donors (Lipinski definition) is 0. The predicted molar refractivity (Wildman–Crippen MR) is 91.8 cm³/mol. The lowest BCUT2D eigenvalue weighted by molar-refractivity contribution is 0.0989. The Kier molecular flexibility index (Phi) is 4.95. The zero-order valence-electron chi connectivity index (χ0n) is 13.6. The predicted octanol–water partition coefficient (Wildman–Crippen LogP) is 3.29. The highest BCUT2D eigenvalue weighted by atomic mass is 16.6. The minimum Gasteiger partial charge on any atom is -0.449 e. The first-order chi connectivity index (χ1) is 11.3. The van der Waals surface area contributed by atoms with E-state index in [-0.39, 0.29) is 6.09 Å². The fourth-order valence-corrected chi connectivity index (χ4v) is 2.74. The van der Waals surface area contributed by atoms with Crippen LogP contribution in [0.1, 0.15) is 19.8 Å². The number of piperazine rings is 1. The van der Waals surface area contributed by atoms with Gasteiger partial charge in [0.25, 0.3) is 0 Å². The van der Waals surface area contributed by atoms with E-state index >= 15 is 0 Å². The van der Waals surface area contributed by atoms with Gasteiger partial charge in [-0.05, 0) is 24.6 Å². The van der Waals surface area contributed by atoms with Crippen LogP contribution in [0.4, 0.5) is 10.6 Å². The van der Waals surface area contributed by atoms with Crippen molar-refractivity contribution in [3.63, 3.8) is 0 Å². The third kappa shape index (κ3) is 3.73. The van der Waals surface area contributed by atoms with Gasteiger partial charge in [-0.25, -0.2) is 9.78 Å². The summed E-state index contributed by atoms with van der Waals surface area (Å²) in [6, 6.07) is 12.3. The van der Waals surface area contributed by atoms with Crippen LogP contribution in [0, 0.1) is 0 Å². The molecule has 1 aromatic heterocycles. The molecule has 1 aliphatic rings. The average molecular weight is 313 g/mol. The SMILES string of the molecule is CCCCOC(=O)N1CCN(c2ccc3ccccc3n2)CC1. The number of amides is 1. The van der Waals surface area contributed by atoms with E-state index in [1.54, 1.807) is 4.90 Å². The maximum Gasteiger partial charge on any atom is 0.409 e. The number of hydrogen-bond acceptors (Lipinski definition) is 4. The van der Waals surface area contributed by atoms with Crippen molar-refractivity contribution in [3.05, 3.63) is 36.4 Å². The summed E-state index contributed by atoms with van der Waals surface area (Å²) >= 11 is 0. The Morgan fingerprint density at radius 2 is 1.91 bits per heavy atom. The first-order valence-corrected chi connectivity index (χ1v) is 8.30. The number of carbonyl (C=O) groups excluding carboxylic acids is 1. The largest absolute Gasteiger partial charge is 0.449 e.